The van der Waals surface area contributed by atoms with E-state index in [0.29, 0.717) is 5.92 Å². The van der Waals surface area contributed by atoms with Crippen molar-refractivity contribution < 1.29 is 9.53 Å². The van der Waals surface area contributed by atoms with E-state index in [1.54, 1.807) is 13.3 Å². The molecule has 0 saturated carbocycles. The number of hydrogen-bond donors (Lipinski definition) is 2. The van der Waals surface area contributed by atoms with Gasteiger partial charge in [0.1, 0.15) is 5.75 Å². The summed E-state index contributed by atoms with van der Waals surface area (Å²) in [6.45, 7) is 4.29. The number of methoxy groups -OCH3 is 1. The van der Waals surface area contributed by atoms with Gasteiger partial charge in [-0.15, -0.1) is 0 Å². The van der Waals surface area contributed by atoms with E-state index in [4.69, 9.17) is 4.74 Å². The summed E-state index contributed by atoms with van der Waals surface area (Å²) in [6.07, 6.45) is 4.47. The number of anilines is 1. The highest BCUT2D eigenvalue weighted by molar-refractivity contribution is 5.91. The molecule has 0 aliphatic rings. The molecular formula is C20H24N2O2. The van der Waals surface area contributed by atoms with E-state index < -0.39 is 0 Å². The van der Waals surface area contributed by atoms with Crippen LogP contribution in [0.4, 0.5) is 10.5 Å². The Labute approximate surface area is 143 Å². The number of amides is 2. The molecule has 2 rings (SSSR count). The van der Waals surface area contributed by atoms with E-state index in [2.05, 4.69) is 30.5 Å². The maximum absolute atomic E-state index is 12.1. The Balaban J connectivity index is 1.97. The average molecular weight is 324 g/mol. The highest BCUT2D eigenvalue weighted by atomic mass is 16.5. The van der Waals surface area contributed by atoms with Crippen molar-refractivity contribution in [3.8, 4) is 5.75 Å². The molecule has 0 saturated heterocycles. The van der Waals surface area contributed by atoms with Crippen molar-refractivity contribution in [1.29, 1.82) is 0 Å². The summed E-state index contributed by atoms with van der Waals surface area (Å²) in [6, 6.07) is 15.3. The second-order valence-corrected chi connectivity index (χ2v) is 5.60. The highest BCUT2D eigenvalue weighted by Crippen LogP contribution is 2.26. The van der Waals surface area contributed by atoms with Gasteiger partial charge in [0, 0.05) is 11.9 Å². The number of ether oxygens (including phenoxy) is 1. The second-order valence-electron chi connectivity index (χ2n) is 5.60. The number of carbonyl (C=O) groups excluding carboxylic acids is 1. The van der Waals surface area contributed by atoms with Crippen molar-refractivity contribution in [2.75, 3.05) is 12.4 Å². The lowest BCUT2D eigenvalue weighted by Crippen LogP contribution is -2.24. The monoisotopic (exact) mass is 324 g/mol. The molecule has 0 radical (unpaired) electrons. The third-order valence-corrected chi connectivity index (χ3v) is 3.94. The minimum Gasteiger partial charge on any atom is -0.497 e. The summed E-state index contributed by atoms with van der Waals surface area (Å²) in [5.41, 5.74) is 2.95. The van der Waals surface area contributed by atoms with Crippen molar-refractivity contribution >= 4 is 17.8 Å². The second kappa shape index (κ2) is 8.77. The molecule has 0 heterocycles. The molecule has 24 heavy (non-hydrogen) atoms. The lowest BCUT2D eigenvalue weighted by molar-refractivity contribution is 0.255. The van der Waals surface area contributed by atoms with Crippen LogP contribution in [0, 0.1) is 0 Å². The molecule has 126 valence electrons. The largest absolute Gasteiger partial charge is 0.497 e. The average Bonchev–Trinajstić information content (AvgIpc) is 2.61. The van der Waals surface area contributed by atoms with E-state index in [-0.39, 0.29) is 6.03 Å². The fourth-order valence-electron chi connectivity index (χ4n) is 2.38. The summed E-state index contributed by atoms with van der Waals surface area (Å²) < 4.78 is 5.17. The molecule has 0 spiro atoms. The van der Waals surface area contributed by atoms with Gasteiger partial charge < -0.3 is 15.4 Å². The number of urea groups is 1. The number of benzene rings is 2. The number of hydrogen-bond acceptors (Lipinski definition) is 2. The van der Waals surface area contributed by atoms with Gasteiger partial charge in [-0.25, -0.2) is 4.79 Å². The predicted octanol–water partition coefficient (Wildman–Crippen LogP) is 5.00. The van der Waals surface area contributed by atoms with Crippen LogP contribution in [0.2, 0.25) is 0 Å². The van der Waals surface area contributed by atoms with Gasteiger partial charge in [-0.3, -0.25) is 0 Å². The molecule has 1 unspecified atom stereocenters. The maximum atomic E-state index is 12.1. The van der Waals surface area contributed by atoms with Gasteiger partial charge >= 0.3 is 6.03 Å². The van der Waals surface area contributed by atoms with Crippen LogP contribution in [-0.2, 0) is 0 Å². The molecular weight excluding hydrogens is 300 g/mol. The first-order chi connectivity index (χ1) is 11.6. The van der Waals surface area contributed by atoms with E-state index in [1.165, 1.54) is 0 Å². The molecule has 0 aromatic heterocycles. The fourth-order valence-corrected chi connectivity index (χ4v) is 2.38. The molecule has 2 aromatic carbocycles. The molecule has 0 aliphatic carbocycles. The summed E-state index contributed by atoms with van der Waals surface area (Å²) in [7, 11) is 1.63. The summed E-state index contributed by atoms with van der Waals surface area (Å²) in [5.74, 6) is 1.18. The van der Waals surface area contributed by atoms with Crippen LogP contribution in [0.5, 0.6) is 5.75 Å². The predicted molar refractivity (Wildman–Crippen MR) is 99.3 cm³/mol. The lowest BCUT2D eigenvalue weighted by atomic mass is 9.97. The van der Waals surface area contributed by atoms with Crippen LogP contribution in [0.3, 0.4) is 0 Å². The van der Waals surface area contributed by atoms with E-state index >= 15 is 0 Å². The van der Waals surface area contributed by atoms with Gasteiger partial charge in [-0.1, -0.05) is 44.2 Å². The van der Waals surface area contributed by atoms with Crippen LogP contribution >= 0.6 is 0 Å². The van der Waals surface area contributed by atoms with Crippen molar-refractivity contribution in [1.82, 2.24) is 5.32 Å². The van der Waals surface area contributed by atoms with E-state index in [9.17, 15) is 4.79 Å². The van der Waals surface area contributed by atoms with E-state index in [1.807, 2.05) is 48.5 Å². The van der Waals surface area contributed by atoms with Gasteiger partial charge in [-0.05, 0) is 47.7 Å². The Morgan fingerprint density at radius 2 is 2.00 bits per heavy atom. The zero-order valence-corrected chi connectivity index (χ0v) is 14.4. The minimum atomic E-state index is -0.259. The molecule has 2 amide bonds. The maximum Gasteiger partial charge on any atom is 0.323 e. The molecule has 2 N–H and O–H groups in total. The third-order valence-electron chi connectivity index (χ3n) is 3.94. The van der Waals surface area contributed by atoms with Gasteiger partial charge in [0.15, 0.2) is 0 Å². The van der Waals surface area contributed by atoms with Gasteiger partial charge in [0.05, 0.1) is 7.11 Å². The first kappa shape index (κ1) is 17.6. The molecule has 0 bridgehead atoms. The minimum absolute atomic E-state index is 0.259. The van der Waals surface area contributed by atoms with Gasteiger partial charge in [0.25, 0.3) is 0 Å². The smallest absolute Gasteiger partial charge is 0.323 e. The van der Waals surface area contributed by atoms with Crippen LogP contribution in [-0.4, -0.2) is 13.1 Å². The third kappa shape index (κ3) is 4.88. The van der Waals surface area contributed by atoms with Gasteiger partial charge in [0.2, 0.25) is 0 Å². The van der Waals surface area contributed by atoms with Crippen LogP contribution < -0.4 is 15.4 Å². The van der Waals surface area contributed by atoms with Gasteiger partial charge in [-0.2, -0.15) is 0 Å². The van der Waals surface area contributed by atoms with Crippen molar-refractivity contribution in [3.05, 3.63) is 65.9 Å². The molecule has 0 aliphatic heterocycles. The first-order valence-electron chi connectivity index (χ1n) is 8.11. The summed E-state index contributed by atoms with van der Waals surface area (Å²) in [5, 5.41) is 5.64. The number of carbonyl (C=O) groups is 1. The summed E-state index contributed by atoms with van der Waals surface area (Å²) in [4.78, 5) is 12.1. The Morgan fingerprint density at radius 1 is 1.21 bits per heavy atom. The molecule has 4 nitrogen and oxygen atoms in total. The van der Waals surface area contributed by atoms with Crippen LogP contribution in [0.1, 0.15) is 37.3 Å². The molecule has 2 aromatic rings. The number of para-hydroxylation sites is 1. The Kier molecular flexibility index (Phi) is 6.43. The first-order valence-corrected chi connectivity index (χ1v) is 8.11. The Bertz CT molecular complexity index is 710. The topological polar surface area (TPSA) is 50.4 Å². The Hall–Kier alpha value is -2.75. The van der Waals surface area contributed by atoms with Crippen molar-refractivity contribution in [2.45, 2.75) is 26.2 Å². The Morgan fingerprint density at radius 3 is 2.75 bits per heavy atom. The standard InChI is InChI=1S/C20H24N2O2/c1-4-15(2)18-10-5-6-11-19(18)22-20(23)21-13-12-16-8-7-9-17(14-16)24-3/h5-15H,4H2,1-3H3,(H2,21,22,23)/b13-12+. The fraction of sp³-hybridized carbons (Fsp3) is 0.250. The number of nitrogens with one attached hydrogen (secondary N) is 2. The molecule has 1 atom stereocenters. The van der Waals surface area contributed by atoms with Crippen molar-refractivity contribution in [2.24, 2.45) is 0 Å². The SMILES string of the molecule is CCC(C)c1ccccc1NC(=O)N/C=C/c1cccc(OC)c1. The normalized spacial score (nSPS) is 12.0. The quantitative estimate of drug-likeness (QED) is 0.785. The zero-order valence-electron chi connectivity index (χ0n) is 14.4. The highest BCUT2D eigenvalue weighted by Gasteiger charge is 2.10. The molecule has 4 heteroatoms. The molecule has 0 fully saturated rings. The lowest BCUT2D eigenvalue weighted by Gasteiger charge is -2.15. The van der Waals surface area contributed by atoms with E-state index in [0.717, 1.165) is 29.0 Å². The zero-order chi connectivity index (χ0) is 17.4. The van der Waals surface area contributed by atoms with Crippen molar-refractivity contribution in [3.63, 3.8) is 0 Å². The van der Waals surface area contributed by atoms with Crippen LogP contribution in [0.15, 0.2) is 54.7 Å². The summed E-state index contributed by atoms with van der Waals surface area (Å²) >= 11 is 0. The van der Waals surface area contributed by atoms with Crippen LogP contribution in [0.25, 0.3) is 6.08 Å². The number of rotatable bonds is 6.